The maximum Gasteiger partial charge on any atom is 0.132 e. The number of nitrogens with zero attached hydrogens (tertiary/aromatic N) is 1. The van der Waals surface area contributed by atoms with Gasteiger partial charge in [-0.25, -0.2) is 0 Å². The van der Waals surface area contributed by atoms with Gasteiger partial charge < -0.3 is 10.5 Å². The quantitative estimate of drug-likeness (QED) is 0.167. The van der Waals surface area contributed by atoms with Crippen LogP contribution in [0, 0.1) is 0 Å². The Kier molecular flexibility index (Phi) is 8.36. The molecular formula is C53H38N2O. The number of fused-ring (bicyclic) bond motifs is 9. The van der Waals surface area contributed by atoms with E-state index in [0.29, 0.717) is 0 Å². The zero-order chi connectivity index (χ0) is 37.5. The molecule has 266 valence electrons. The number of benzene rings is 8. The molecule has 0 aromatic heterocycles. The topological polar surface area (TPSA) is 47.6 Å². The lowest BCUT2D eigenvalue weighted by molar-refractivity contribution is 0.436. The molecule has 0 saturated heterocycles. The van der Waals surface area contributed by atoms with E-state index in [0.717, 1.165) is 61.7 Å². The van der Waals surface area contributed by atoms with Gasteiger partial charge in [0.15, 0.2) is 0 Å². The fourth-order valence-corrected chi connectivity index (χ4v) is 8.56. The average Bonchev–Trinajstić information content (AvgIpc) is 3.56. The van der Waals surface area contributed by atoms with E-state index in [4.69, 9.17) is 15.5 Å². The van der Waals surface area contributed by atoms with E-state index in [1.54, 1.807) is 0 Å². The molecule has 3 nitrogen and oxygen atoms in total. The monoisotopic (exact) mass is 718 g/mol. The highest BCUT2D eigenvalue weighted by molar-refractivity contribution is 5.91. The molecule has 10 rings (SSSR count). The number of ether oxygens (including phenoxy) is 1. The lowest BCUT2D eigenvalue weighted by Crippen LogP contribution is -2.32. The Labute approximate surface area is 327 Å². The molecule has 2 N–H and O–H groups in total. The highest BCUT2D eigenvalue weighted by Gasteiger charge is 2.51. The van der Waals surface area contributed by atoms with Gasteiger partial charge in [-0.2, -0.15) is 0 Å². The summed E-state index contributed by atoms with van der Waals surface area (Å²) in [5.74, 6) is 1.79. The Bertz CT molecular complexity index is 2720. The van der Waals surface area contributed by atoms with Crippen LogP contribution in [0.3, 0.4) is 0 Å². The van der Waals surface area contributed by atoms with E-state index in [1.165, 1.54) is 27.8 Å². The highest BCUT2D eigenvalue weighted by Crippen LogP contribution is 2.62. The summed E-state index contributed by atoms with van der Waals surface area (Å²) in [4.78, 5) is 5.01. The number of aliphatic imine (C=N–C) groups is 1. The van der Waals surface area contributed by atoms with Crippen molar-refractivity contribution in [2.45, 2.75) is 11.5 Å². The van der Waals surface area contributed by atoms with Gasteiger partial charge in [-0.1, -0.05) is 182 Å². The predicted molar refractivity (Wildman–Crippen MR) is 230 cm³/mol. The Balaban J connectivity index is 1.04. The first kappa shape index (κ1) is 33.5. The SMILES string of the molecule is NC(/C=C(\N=C\c1ccccc1)c1ccc(-c2ccc3c(c2)C2(c4ccccc4Oc4ccccc42)c2ccccc2-3)cc1)c1ccc(-c2ccccc2)cc1. The molecule has 56 heavy (non-hydrogen) atoms. The second-order valence-electron chi connectivity index (χ2n) is 14.5. The van der Waals surface area contributed by atoms with Crippen molar-refractivity contribution >= 4 is 11.9 Å². The minimum Gasteiger partial charge on any atom is -0.457 e. The van der Waals surface area contributed by atoms with E-state index in [-0.39, 0.29) is 6.04 Å². The van der Waals surface area contributed by atoms with Crippen molar-refractivity contribution in [1.29, 1.82) is 0 Å². The zero-order valence-corrected chi connectivity index (χ0v) is 30.7. The van der Waals surface area contributed by atoms with Crippen LogP contribution in [0.25, 0.3) is 39.1 Å². The van der Waals surface area contributed by atoms with E-state index < -0.39 is 5.41 Å². The van der Waals surface area contributed by atoms with Gasteiger partial charge in [-0.05, 0) is 85.5 Å². The predicted octanol–water partition coefficient (Wildman–Crippen LogP) is 12.6. The third-order valence-electron chi connectivity index (χ3n) is 11.3. The molecule has 1 aliphatic carbocycles. The minimum atomic E-state index is -0.509. The number of para-hydroxylation sites is 2. The summed E-state index contributed by atoms with van der Waals surface area (Å²) in [6, 6.07) is 70.2. The molecule has 8 aromatic carbocycles. The van der Waals surface area contributed by atoms with Gasteiger partial charge in [0.05, 0.1) is 17.2 Å². The first-order valence-corrected chi connectivity index (χ1v) is 19.1. The van der Waals surface area contributed by atoms with Crippen LogP contribution < -0.4 is 10.5 Å². The lowest BCUT2D eigenvalue weighted by Gasteiger charge is -2.39. The van der Waals surface area contributed by atoms with Crippen LogP contribution in [0.5, 0.6) is 11.5 Å². The van der Waals surface area contributed by atoms with Gasteiger partial charge in [0.1, 0.15) is 11.5 Å². The third kappa shape index (κ3) is 5.69. The Morgan fingerprint density at radius 3 is 1.70 bits per heavy atom. The minimum absolute atomic E-state index is 0.345. The maximum absolute atomic E-state index is 6.88. The molecule has 1 spiro atoms. The van der Waals surface area contributed by atoms with Gasteiger partial charge in [0.2, 0.25) is 0 Å². The normalized spacial score (nSPS) is 14.1. The number of rotatable bonds is 7. The summed E-state index contributed by atoms with van der Waals surface area (Å²) in [6.45, 7) is 0. The number of nitrogens with two attached hydrogens (primary N) is 1. The lowest BCUT2D eigenvalue weighted by atomic mass is 9.66. The van der Waals surface area contributed by atoms with Crippen LogP contribution in [0.15, 0.2) is 211 Å². The molecule has 8 aromatic rings. The van der Waals surface area contributed by atoms with Crippen molar-refractivity contribution in [1.82, 2.24) is 0 Å². The van der Waals surface area contributed by atoms with Crippen molar-refractivity contribution in [2.75, 3.05) is 0 Å². The third-order valence-corrected chi connectivity index (χ3v) is 11.3. The summed E-state index contributed by atoms with van der Waals surface area (Å²) >= 11 is 0. The number of hydrogen-bond donors (Lipinski definition) is 1. The average molecular weight is 719 g/mol. The molecule has 0 bridgehead atoms. The second kappa shape index (κ2) is 14.0. The van der Waals surface area contributed by atoms with E-state index in [9.17, 15) is 0 Å². The molecule has 0 fully saturated rings. The maximum atomic E-state index is 6.88. The number of hydrogen-bond acceptors (Lipinski definition) is 3. The van der Waals surface area contributed by atoms with Gasteiger partial charge in [0, 0.05) is 17.3 Å². The summed E-state index contributed by atoms with van der Waals surface area (Å²) in [5, 5.41) is 0. The Hall–Kier alpha value is -7.07. The molecule has 1 unspecified atom stereocenters. The van der Waals surface area contributed by atoms with Crippen LogP contribution in [-0.2, 0) is 5.41 Å². The zero-order valence-electron chi connectivity index (χ0n) is 30.7. The van der Waals surface area contributed by atoms with E-state index >= 15 is 0 Å². The molecule has 2 aliphatic rings. The standard InChI is InChI=1S/C53H38N2O/c54-49(40-27-23-38(24-28-40)37-15-5-2-6-16-37)34-50(55-35-36-13-3-1-4-14-36)41-29-25-39(26-30-41)42-31-32-44-43-17-7-8-18-45(43)53(48(44)33-42)46-19-9-11-21-51(46)56-52-22-12-10-20-47(52)53/h1-35,49H,54H2/b50-34-,55-35+. The van der Waals surface area contributed by atoms with Gasteiger partial charge in [-0.15, -0.1) is 0 Å². The smallest absolute Gasteiger partial charge is 0.132 e. The largest absolute Gasteiger partial charge is 0.457 e. The molecule has 1 heterocycles. The summed E-state index contributed by atoms with van der Waals surface area (Å²) in [7, 11) is 0. The molecule has 0 radical (unpaired) electrons. The van der Waals surface area contributed by atoms with Crippen LogP contribution in [0.2, 0.25) is 0 Å². The van der Waals surface area contributed by atoms with Crippen LogP contribution in [-0.4, -0.2) is 6.21 Å². The van der Waals surface area contributed by atoms with Crippen molar-refractivity contribution < 1.29 is 4.74 Å². The van der Waals surface area contributed by atoms with Crippen molar-refractivity contribution in [3.63, 3.8) is 0 Å². The van der Waals surface area contributed by atoms with Crippen LogP contribution in [0.1, 0.15) is 45.0 Å². The fourth-order valence-electron chi connectivity index (χ4n) is 8.56. The molecule has 0 saturated carbocycles. The van der Waals surface area contributed by atoms with Gasteiger partial charge in [0.25, 0.3) is 0 Å². The van der Waals surface area contributed by atoms with Crippen molar-refractivity contribution in [2.24, 2.45) is 10.7 Å². The summed E-state index contributed by atoms with van der Waals surface area (Å²) in [6.07, 6.45) is 3.97. The first-order valence-electron chi connectivity index (χ1n) is 19.1. The van der Waals surface area contributed by atoms with Crippen LogP contribution >= 0.6 is 0 Å². The highest BCUT2D eigenvalue weighted by atomic mass is 16.5. The first-order chi connectivity index (χ1) is 27.7. The second-order valence-corrected chi connectivity index (χ2v) is 14.5. The van der Waals surface area contributed by atoms with E-state index in [2.05, 4.69) is 182 Å². The molecule has 3 heteroatoms. The van der Waals surface area contributed by atoms with Crippen molar-refractivity contribution in [3.8, 4) is 44.9 Å². The molecular weight excluding hydrogens is 681 g/mol. The molecule has 1 aliphatic heterocycles. The fraction of sp³-hybridized carbons (Fsp3) is 0.0377. The van der Waals surface area contributed by atoms with E-state index in [1.807, 2.05) is 30.5 Å². The molecule has 0 amide bonds. The Morgan fingerprint density at radius 2 is 1.00 bits per heavy atom. The summed E-state index contributed by atoms with van der Waals surface area (Å²) < 4.78 is 6.55. The van der Waals surface area contributed by atoms with Gasteiger partial charge >= 0.3 is 0 Å². The van der Waals surface area contributed by atoms with Gasteiger partial charge in [-0.3, -0.25) is 4.99 Å². The summed E-state index contributed by atoms with van der Waals surface area (Å²) in [5.41, 5.74) is 22.2. The molecule has 1 atom stereocenters. The Morgan fingerprint density at radius 1 is 0.482 bits per heavy atom. The van der Waals surface area contributed by atoms with Crippen LogP contribution in [0.4, 0.5) is 0 Å². The van der Waals surface area contributed by atoms with Crippen molar-refractivity contribution in [3.05, 3.63) is 245 Å².